The first kappa shape index (κ1) is 7.59. The molecule has 0 saturated carbocycles. The van der Waals surface area contributed by atoms with Gasteiger partial charge in [0.25, 0.3) is 0 Å². The normalized spacial score (nSPS) is 9.27. The Balaban J connectivity index is 3.02. The van der Waals surface area contributed by atoms with Gasteiger partial charge >= 0.3 is 0 Å². The quantitative estimate of drug-likeness (QED) is 0.563. The van der Waals surface area contributed by atoms with Crippen LogP contribution in [0.4, 0.5) is 17.6 Å². The molecule has 0 unspecified atom stereocenters. The van der Waals surface area contributed by atoms with E-state index in [1.54, 1.807) is 20.2 Å². The summed E-state index contributed by atoms with van der Waals surface area (Å²) >= 11 is 0. The number of aromatic nitrogens is 2. The van der Waals surface area contributed by atoms with Gasteiger partial charge in [0.05, 0.1) is 0 Å². The second kappa shape index (κ2) is 3.05. The molecule has 1 aromatic heterocycles. The molecular formula is C6H11N5. The summed E-state index contributed by atoms with van der Waals surface area (Å²) in [7, 11) is 3.52. The first-order valence-electron chi connectivity index (χ1n) is 3.26. The molecular weight excluding hydrogens is 142 g/mol. The van der Waals surface area contributed by atoms with E-state index in [1.165, 1.54) is 0 Å². The molecule has 4 N–H and O–H groups in total. The topological polar surface area (TPSA) is 75.9 Å². The third-order valence-electron chi connectivity index (χ3n) is 1.23. The average molecular weight is 153 g/mol. The molecule has 0 bridgehead atoms. The third kappa shape index (κ3) is 1.70. The van der Waals surface area contributed by atoms with Gasteiger partial charge in [-0.3, -0.25) is 0 Å². The maximum Gasteiger partial charge on any atom is 0.226 e. The van der Waals surface area contributed by atoms with Gasteiger partial charge in [-0.15, -0.1) is 0 Å². The summed E-state index contributed by atoms with van der Waals surface area (Å²) in [5.74, 6) is 1.69. The van der Waals surface area contributed by atoms with E-state index in [-0.39, 0.29) is 0 Å². The summed E-state index contributed by atoms with van der Waals surface area (Å²) in [4.78, 5) is 7.97. The van der Waals surface area contributed by atoms with Gasteiger partial charge in [0.1, 0.15) is 11.6 Å². The molecule has 1 heterocycles. The number of nitrogens with one attached hydrogen (secondary N) is 2. The van der Waals surface area contributed by atoms with Crippen molar-refractivity contribution in [2.24, 2.45) is 0 Å². The van der Waals surface area contributed by atoms with Gasteiger partial charge in [0.2, 0.25) is 5.95 Å². The summed E-state index contributed by atoms with van der Waals surface area (Å²) in [6, 6.07) is 1.67. The number of nitrogens with zero attached hydrogens (tertiary/aromatic N) is 2. The Labute approximate surface area is 65.0 Å². The molecule has 0 aliphatic carbocycles. The highest BCUT2D eigenvalue weighted by atomic mass is 15.1. The van der Waals surface area contributed by atoms with Crippen LogP contribution in [0.1, 0.15) is 0 Å². The van der Waals surface area contributed by atoms with Crippen molar-refractivity contribution in [3.63, 3.8) is 0 Å². The molecule has 11 heavy (non-hydrogen) atoms. The van der Waals surface area contributed by atoms with E-state index < -0.39 is 0 Å². The molecule has 1 rings (SSSR count). The smallest absolute Gasteiger partial charge is 0.226 e. The highest BCUT2D eigenvalue weighted by Crippen LogP contribution is 2.09. The Morgan fingerprint density at radius 1 is 1.27 bits per heavy atom. The van der Waals surface area contributed by atoms with Crippen LogP contribution in [0.3, 0.4) is 0 Å². The zero-order chi connectivity index (χ0) is 8.27. The minimum atomic E-state index is 0.453. The van der Waals surface area contributed by atoms with Crippen LogP contribution < -0.4 is 16.4 Å². The second-order valence-corrected chi connectivity index (χ2v) is 2.00. The number of rotatable bonds is 2. The molecule has 0 aliphatic rings. The average Bonchev–Trinajstić information content (AvgIpc) is 2.03. The van der Waals surface area contributed by atoms with Crippen LogP contribution in [-0.2, 0) is 0 Å². The van der Waals surface area contributed by atoms with Crippen LogP contribution in [0.15, 0.2) is 6.07 Å². The maximum atomic E-state index is 5.48. The van der Waals surface area contributed by atoms with Crippen LogP contribution in [0.2, 0.25) is 0 Å². The molecule has 0 amide bonds. The lowest BCUT2D eigenvalue weighted by atomic mass is 10.5. The number of hydrogen-bond acceptors (Lipinski definition) is 5. The van der Waals surface area contributed by atoms with Gasteiger partial charge in [0.15, 0.2) is 0 Å². The number of nitrogens with two attached hydrogens (primary N) is 1. The fraction of sp³-hybridized carbons (Fsp3) is 0.333. The first-order valence-corrected chi connectivity index (χ1v) is 3.26. The van der Waals surface area contributed by atoms with Gasteiger partial charge < -0.3 is 16.4 Å². The van der Waals surface area contributed by atoms with Crippen molar-refractivity contribution in [1.82, 2.24) is 9.97 Å². The van der Waals surface area contributed by atoms with Crippen molar-refractivity contribution in [3.8, 4) is 0 Å². The van der Waals surface area contributed by atoms with E-state index in [0.29, 0.717) is 17.6 Å². The largest absolute Gasteiger partial charge is 0.383 e. The minimum absolute atomic E-state index is 0.453. The first-order chi connectivity index (χ1) is 5.26. The summed E-state index contributed by atoms with van der Waals surface area (Å²) in [6.07, 6.45) is 0. The highest BCUT2D eigenvalue weighted by Gasteiger charge is 1.97. The lowest BCUT2D eigenvalue weighted by Gasteiger charge is -2.02. The monoisotopic (exact) mass is 153 g/mol. The predicted molar refractivity (Wildman–Crippen MR) is 45.5 cm³/mol. The van der Waals surface area contributed by atoms with E-state index in [1.807, 2.05) is 0 Å². The number of anilines is 3. The maximum absolute atomic E-state index is 5.48. The van der Waals surface area contributed by atoms with Crippen LogP contribution in [0.25, 0.3) is 0 Å². The van der Waals surface area contributed by atoms with Gasteiger partial charge in [-0.2, -0.15) is 9.97 Å². The molecule has 5 nitrogen and oxygen atoms in total. The molecule has 1 aromatic rings. The molecule has 5 heteroatoms. The number of nitrogen functional groups attached to an aromatic ring is 1. The molecule has 0 atom stereocenters. The fourth-order valence-corrected chi connectivity index (χ4v) is 0.706. The lowest BCUT2D eigenvalue weighted by Crippen LogP contribution is -2.02. The standard InChI is InChI=1S/C6H11N5/c1-8-5-3-4(7)10-6(9-2)11-5/h3H,1-2H3,(H4,7,8,9,10,11). The second-order valence-electron chi connectivity index (χ2n) is 2.00. The zero-order valence-electron chi connectivity index (χ0n) is 6.55. The van der Waals surface area contributed by atoms with Crippen molar-refractivity contribution in [2.75, 3.05) is 30.5 Å². The highest BCUT2D eigenvalue weighted by molar-refractivity contribution is 5.49. The Kier molecular flexibility index (Phi) is 2.10. The van der Waals surface area contributed by atoms with Crippen molar-refractivity contribution in [2.45, 2.75) is 0 Å². The van der Waals surface area contributed by atoms with Crippen LogP contribution in [0, 0.1) is 0 Å². The van der Waals surface area contributed by atoms with E-state index in [4.69, 9.17) is 5.73 Å². The summed E-state index contributed by atoms with van der Waals surface area (Å²) < 4.78 is 0. The van der Waals surface area contributed by atoms with E-state index in [0.717, 1.165) is 0 Å². The third-order valence-corrected chi connectivity index (χ3v) is 1.23. The van der Waals surface area contributed by atoms with Crippen molar-refractivity contribution >= 4 is 17.6 Å². The molecule has 60 valence electrons. The zero-order valence-corrected chi connectivity index (χ0v) is 6.55. The molecule has 0 spiro atoms. The fourth-order valence-electron chi connectivity index (χ4n) is 0.706. The molecule has 0 fully saturated rings. The Hall–Kier alpha value is -1.52. The summed E-state index contributed by atoms with van der Waals surface area (Å²) in [6.45, 7) is 0. The summed E-state index contributed by atoms with van der Waals surface area (Å²) in [5.41, 5.74) is 5.48. The Morgan fingerprint density at radius 2 is 2.00 bits per heavy atom. The van der Waals surface area contributed by atoms with Gasteiger partial charge in [0, 0.05) is 20.2 Å². The van der Waals surface area contributed by atoms with E-state index in [9.17, 15) is 0 Å². The van der Waals surface area contributed by atoms with Crippen LogP contribution >= 0.6 is 0 Å². The molecule has 0 radical (unpaired) electrons. The number of hydrogen-bond donors (Lipinski definition) is 3. The van der Waals surface area contributed by atoms with Gasteiger partial charge in [-0.05, 0) is 0 Å². The molecule has 0 saturated heterocycles. The van der Waals surface area contributed by atoms with E-state index in [2.05, 4.69) is 20.6 Å². The predicted octanol–water partition coefficient (Wildman–Crippen LogP) is 0.142. The molecule has 0 aromatic carbocycles. The minimum Gasteiger partial charge on any atom is -0.383 e. The van der Waals surface area contributed by atoms with E-state index >= 15 is 0 Å². The van der Waals surface area contributed by atoms with Gasteiger partial charge in [-0.25, -0.2) is 0 Å². The van der Waals surface area contributed by atoms with Crippen molar-refractivity contribution in [1.29, 1.82) is 0 Å². The van der Waals surface area contributed by atoms with Crippen LogP contribution in [0.5, 0.6) is 0 Å². The molecule has 0 aliphatic heterocycles. The van der Waals surface area contributed by atoms with Gasteiger partial charge in [-0.1, -0.05) is 0 Å². The Morgan fingerprint density at radius 3 is 2.55 bits per heavy atom. The van der Waals surface area contributed by atoms with Crippen molar-refractivity contribution < 1.29 is 0 Å². The lowest BCUT2D eigenvalue weighted by molar-refractivity contribution is 1.15. The van der Waals surface area contributed by atoms with Crippen LogP contribution in [-0.4, -0.2) is 24.1 Å². The van der Waals surface area contributed by atoms with Crippen molar-refractivity contribution in [3.05, 3.63) is 6.07 Å². The Bertz CT molecular complexity index is 224. The summed E-state index contributed by atoms with van der Waals surface area (Å²) in [5, 5.41) is 5.67. The SMILES string of the molecule is CNc1cc(N)nc(NC)n1.